The van der Waals surface area contributed by atoms with Crippen LogP contribution in [-0.4, -0.2) is 29.1 Å². The zero-order valence-corrected chi connectivity index (χ0v) is 10.1. The molecule has 1 heterocycles. The van der Waals surface area contributed by atoms with Gasteiger partial charge in [0.1, 0.15) is 11.6 Å². The Balaban J connectivity index is 1.98. The lowest BCUT2D eigenvalue weighted by atomic mass is 10.0. The summed E-state index contributed by atoms with van der Waals surface area (Å²) in [6.07, 6.45) is 1.10. The first-order valence-corrected chi connectivity index (χ1v) is 6.01. The Kier molecular flexibility index (Phi) is 3.64. The summed E-state index contributed by atoms with van der Waals surface area (Å²) in [5.41, 5.74) is 6.69. The SMILES string of the molecule is CC(N)C1CCN(Cc2cc(O)cc(F)c2)C1. The van der Waals surface area contributed by atoms with Gasteiger partial charge < -0.3 is 10.8 Å². The summed E-state index contributed by atoms with van der Waals surface area (Å²) in [5, 5.41) is 9.33. The van der Waals surface area contributed by atoms with Crippen LogP contribution in [0.2, 0.25) is 0 Å². The van der Waals surface area contributed by atoms with Gasteiger partial charge in [0, 0.05) is 25.2 Å². The second-order valence-electron chi connectivity index (χ2n) is 4.96. The topological polar surface area (TPSA) is 49.5 Å². The minimum Gasteiger partial charge on any atom is -0.508 e. The van der Waals surface area contributed by atoms with Crippen molar-refractivity contribution < 1.29 is 9.50 Å². The number of benzene rings is 1. The first kappa shape index (κ1) is 12.3. The van der Waals surface area contributed by atoms with E-state index in [9.17, 15) is 9.50 Å². The Morgan fingerprint density at radius 1 is 1.53 bits per heavy atom. The third-order valence-electron chi connectivity index (χ3n) is 3.40. The molecule has 1 fully saturated rings. The molecular weight excluding hydrogens is 219 g/mol. The van der Waals surface area contributed by atoms with Crippen molar-refractivity contribution >= 4 is 0 Å². The summed E-state index contributed by atoms with van der Waals surface area (Å²) in [4.78, 5) is 2.25. The highest BCUT2D eigenvalue weighted by atomic mass is 19.1. The molecule has 0 aromatic heterocycles. The summed E-state index contributed by atoms with van der Waals surface area (Å²) in [6, 6.07) is 4.42. The number of phenolic OH excluding ortho intramolecular Hbond substituents is 1. The van der Waals surface area contributed by atoms with Gasteiger partial charge in [-0.2, -0.15) is 0 Å². The highest BCUT2D eigenvalue weighted by molar-refractivity contribution is 5.28. The Bertz CT molecular complexity index is 375. The fourth-order valence-corrected chi connectivity index (χ4v) is 2.42. The van der Waals surface area contributed by atoms with E-state index < -0.39 is 0 Å². The molecule has 0 saturated carbocycles. The van der Waals surface area contributed by atoms with Crippen LogP contribution < -0.4 is 5.73 Å². The number of halogens is 1. The molecule has 0 spiro atoms. The zero-order chi connectivity index (χ0) is 12.4. The highest BCUT2D eigenvalue weighted by Gasteiger charge is 2.25. The zero-order valence-electron chi connectivity index (χ0n) is 10.1. The standard InChI is InChI=1S/C13H19FN2O/c1-9(15)11-2-3-16(8-11)7-10-4-12(14)6-13(17)5-10/h4-6,9,11,17H,2-3,7-8,15H2,1H3. The normalized spacial score (nSPS) is 22.9. The molecule has 0 amide bonds. The molecule has 1 aromatic carbocycles. The minimum absolute atomic E-state index is 0.0112. The van der Waals surface area contributed by atoms with Crippen LogP contribution in [0.3, 0.4) is 0 Å². The third kappa shape index (κ3) is 3.17. The number of likely N-dealkylation sites (tertiary alicyclic amines) is 1. The maximum atomic E-state index is 13.1. The van der Waals surface area contributed by atoms with E-state index in [4.69, 9.17) is 5.73 Å². The Morgan fingerprint density at radius 3 is 2.88 bits per heavy atom. The molecular formula is C13H19FN2O. The number of nitrogens with two attached hydrogens (primary N) is 1. The van der Waals surface area contributed by atoms with Gasteiger partial charge in [0.2, 0.25) is 0 Å². The number of hydrogen-bond acceptors (Lipinski definition) is 3. The van der Waals surface area contributed by atoms with E-state index in [1.54, 1.807) is 6.07 Å². The smallest absolute Gasteiger partial charge is 0.127 e. The van der Waals surface area contributed by atoms with Crippen molar-refractivity contribution in [3.05, 3.63) is 29.6 Å². The summed E-state index contributed by atoms with van der Waals surface area (Å²) in [6.45, 7) is 4.65. The lowest BCUT2D eigenvalue weighted by Gasteiger charge is -2.18. The van der Waals surface area contributed by atoms with E-state index in [0.29, 0.717) is 12.5 Å². The van der Waals surface area contributed by atoms with Crippen LogP contribution in [0.4, 0.5) is 4.39 Å². The number of phenols is 1. The van der Waals surface area contributed by atoms with Crippen molar-refractivity contribution in [1.29, 1.82) is 0 Å². The van der Waals surface area contributed by atoms with Gasteiger partial charge in [-0.15, -0.1) is 0 Å². The first-order valence-electron chi connectivity index (χ1n) is 6.01. The lowest BCUT2D eigenvalue weighted by Crippen LogP contribution is -2.29. The van der Waals surface area contributed by atoms with Crippen molar-refractivity contribution in [1.82, 2.24) is 4.90 Å². The molecule has 94 valence electrons. The molecule has 0 bridgehead atoms. The Morgan fingerprint density at radius 2 is 2.29 bits per heavy atom. The van der Waals surface area contributed by atoms with E-state index in [0.717, 1.165) is 31.1 Å². The molecule has 1 aromatic rings. The second kappa shape index (κ2) is 5.02. The van der Waals surface area contributed by atoms with Gasteiger partial charge in [-0.3, -0.25) is 4.90 Å². The fraction of sp³-hybridized carbons (Fsp3) is 0.538. The lowest BCUT2D eigenvalue weighted by molar-refractivity contribution is 0.307. The average Bonchev–Trinajstić information content (AvgIpc) is 2.64. The van der Waals surface area contributed by atoms with Crippen LogP contribution in [0.15, 0.2) is 18.2 Å². The molecule has 2 unspecified atom stereocenters. The summed E-state index contributed by atoms with van der Waals surface area (Å²) >= 11 is 0. The molecule has 3 N–H and O–H groups in total. The number of hydrogen-bond donors (Lipinski definition) is 2. The maximum absolute atomic E-state index is 13.1. The highest BCUT2D eigenvalue weighted by Crippen LogP contribution is 2.22. The Hall–Kier alpha value is -1.13. The monoisotopic (exact) mass is 238 g/mol. The fourth-order valence-electron chi connectivity index (χ4n) is 2.42. The summed E-state index contributed by atoms with van der Waals surface area (Å²) in [5.74, 6) is 0.128. The van der Waals surface area contributed by atoms with Crippen LogP contribution in [0.25, 0.3) is 0 Å². The molecule has 2 rings (SSSR count). The number of aromatic hydroxyl groups is 1. The van der Waals surface area contributed by atoms with Gasteiger partial charge in [-0.25, -0.2) is 4.39 Å². The molecule has 17 heavy (non-hydrogen) atoms. The van der Waals surface area contributed by atoms with E-state index in [1.165, 1.54) is 6.07 Å². The number of nitrogens with zero attached hydrogens (tertiary/aromatic N) is 1. The predicted molar refractivity (Wildman–Crippen MR) is 65.1 cm³/mol. The largest absolute Gasteiger partial charge is 0.508 e. The molecule has 1 aliphatic rings. The van der Waals surface area contributed by atoms with Crippen molar-refractivity contribution in [2.24, 2.45) is 11.7 Å². The first-order chi connectivity index (χ1) is 8.04. The van der Waals surface area contributed by atoms with Gasteiger partial charge in [-0.1, -0.05) is 0 Å². The molecule has 4 heteroatoms. The molecule has 1 saturated heterocycles. The van der Waals surface area contributed by atoms with Crippen molar-refractivity contribution in [2.45, 2.75) is 25.9 Å². The van der Waals surface area contributed by atoms with Crippen molar-refractivity contribution in [3.8, 4) is 5.75 Å². The van der Waals surface area contributed by atoms with Gasteiger partial charge in [0.25, 0.3) is 0 Å². The number of rotatable bonds is 3. The van der Waals surface area contributed by atoms with Gasteiger partial charge in [0.05, 0.1) is 0 Å². The minimum atomic E-state index is -0.386. The predicted octanol–water partition coefficient (Wildman–Crippen LogP) is 1.70. The third-order valence-corrected chi connectivity index (χ3v) is 3.40. The molecule has 0 aliphatic carbocycles. The van der Waals surface area contributed by atoms with E-state index >= 15 is 0 Å². The van der Waals surface area contributed by atoms with Crippen LogP contribution in [0, 0.1) is 11.7 Å². The van der Waals surface area contributed by atoms with Crippen LogP contribution in [0.1, 0.15) is 18.9 Å². The van der Waals surface area contributed by atoms with Crippen LogP contribution in [-0.2, 0) is 6.54 Å². The molecule has 1 aliphatic heterocycles. The molecule has 0 radical (unpaired) electrons. The van der Waals surface area contributed by atoms with Gasteiger partial charge in [0.15, 0.2) is 0 Å². The second-order valence-corrected chi connectivity index (χ2v) is 4.96. The van der Waals surface area contributed by atoms with Crippen molar-refractivity contribution in [2.75, 3.05) is 13.1 Å². The average molecular weight is 238 g/mol. The van der Waals surface area contributed by atoms with Gasteiger partial charge >= 0.3 is 0 Å². The van der Waals surface area contributed by atoms with E-state index in [2.05, 4.69) is 4.90 Å². The quantitative estimate of drug-likeness (QED) is 0.842. The van der Waals surface area contributed by atoms with Crippen LogP contribution >= 0.6 is 0 Å². The molecule has 3 nitrogen and oxygen atoms in total. The molecule has 2 atom stereocenters. The maximum Gasteiger partial charge on any atom is 0.127 e. The Labute approximate surface area is 101 Å². The van der Waals surface area contributed by atoms with Gasteiger partial charge in [-0.05, 0) is 43.5 Å². The van der Waals surface area contributed by atoms with Crippen molar-refractivity contribution in [3.63, 3.8) is 0 Å². The van der Waals surface area contributed by atoms with Crippen LogP contribution in [0.5, 0.6) is 5.75 Å². The van der Waals surface area contributed by atoms with E-state index in [1.807, 2.05) is 6.92 Å². The summed E-state index contributed by atoms with van der Waals surface area (Å²) < 4.78 is 13.1. The van der Waals surface area contributed by atoms with E-state index in [-0.39, 0.29) is 17.6 Å². The summed E-state index contributed by atoms with van der Waals surface area (Å²) in [7, 11) is 0.